The molecule has 3 aliphatic heterocycles. The fourth-order valence-corrected chi connectivity index (χ4v) is 4.65. The van der Waals surface area contributed by atoms with E-state index in [4.69, 9.17) is 0 Å². The topological polar surface area (TPSA) is 118 Å². The van der Waals surface area contributed by atoms with Crippen molar-refractivity contribution in [3.8, 4) is 5.69 Å². The van der Waals surface area contributed by atoms with E-state index in [2.05, 4.69) is 28.6 Å². The van der Waals surface area contributed by atoms with Crippen molar-refractivity contribution in [1.82, 2.24) is 30.1 Å². The predicted molar refractivity (Wildman–Crippen MR) is 116 cm³/mol. The Hall–Kier alpha value is -3.82. The summed E-state index contributed by atoms with van der Waals surface area (Å²) >= 11 is 0. The maximum Gasteiger partial charge on any atom is 0.276 e. The summed E-state index contributed by atoms with van der Waals surface area (Å²) in [5.41, 5.74) is 3.40. The Bertz CT molecular complexity index is 1200. The Morgan fingerprint density at radius 1 is 1.21 bits per heavy atom. The average Bonchev–Trinajstić information content (AvgIpc) is 3.53. The van der Waals surface area contributed by atoms with Crippen LogP contribution in [0.2, 0.25) is 0 Å². The minimum absolute atomic E-state index is 0.165. The normalized spacial score (nSPS) is 21.7. The second-order valence-electron chi connectivity index (χ2n) is 8.54. The van der Waals surface area contributed by atoms with Gasteiger partial charge in [-0.15, -0.1) is 5.10 Å². The van der Waals surface area contributed by atoms with E-state index in [1.807, 2.05) is 6.07 Å². The number of rotatable bonds is 4. The van der Waals surface area contributed by atoms with Gasteiger partial charge in [0.15, 0.2) is 5.69 Å². The summed E-state index contributed by atoms with van der Waals surface area (Å²) in [5.74, 6) is -1.18. The highest BCUT2D eigenvalue weighted by Crippen LogP contribution is 2.29. The lowest BCUT2D eigenvalue weighted by Gasteiger charge is -2.29. The largest absolute Gasteiger partial charge is 0.333 e. The number of nitrogens with zero attached hydrogens (tertiary/aromatic N) is 5. The van der Waals surface area contributed by atoms with Gasteiger partial charge in [0.05, 0.1) is 11.9 Å². The fraction of sp³-hybridized carbons (Fsp3) is 0.391. The maximum absolute atomic E-state index is 13.0. The van der Waals surface area contributed by atoms with E-state index < -0.39 is 11.9 Å². The summed E-state index contributed by atoms with van der Waals surface area (Å²) in [5, 5.41) is 10.4. The van der Waals surface area contributed by atoms with E-state index in [1.165, 1.54) is 15.2 Å². The zero-order valence-corrected chi connectivity index (χ0v) is 18.3. The smallest absolute Gasteiger partial charge is 0.276 e. The zero-order chi connectivity index (χ0) is 23.1. The zero-order valence-electron chi connectivity index (χ0n) is 18.3. The number of imide groups is 1. The number of nitrogens with one attached hydrogen (secondary N) is 1. The van der Waals surface area contributed by atoms with Crippen LogP contribution in [0, 0.1) is 0 Å². The van der Waals surface area contributed by atoms with Crippen molar-refractivity contribution >= 4 is 23.6 Å². The second-order valence-corrected chi connectivity index (χ2v) is 8.54. The first-order chi connectivity index (χ1) is 15.9. The molecule has 33 heavy (non-hydrogen) atoms. The molecule has 10 nitrogen and oxygen atoms in total. The number of carbonyl (C=O) groups excluding carboxylic acids is 4. The fourth-order valence-electron chi connectivity index (χ4n) is 4.65. The second kappa shape index (κ2) is 8.27. The first-order valence-electron chi connectivity index (χ1n) is 11.1. The van der Waals surface area contributed by atoms with Crippen LogP contribution in [0.15, 0.2) is 36.0 Å². The lowest BCUT2D eigenvalue weighted by Crippen LogP contribution is -2.52. The van der Waals surface area contributed by atoms with Crippen molar-refractivity contribution in [3.63, 3.8) is 0 Å². The van der Waals surface area contributed by atoms with Crippen LogP contribution in [0.3, 0.4) is 0 Å². The molecule has 170 valence electrons. The minimum Gasteiger partial charge on any atom is -0.333 e. The highest BCUT2D eigenvalue weighted by molar-refractivity contribution is 6.05. The molecule has 2 aromatic rings. The van der Waals surface area contributed by atoms with Gasteiger partial charge in [0.2, 0.25) is 11.8 Å². The van der Waals surface area contributed by atoms with Gasteiger partial charge >= 0.3 is 0 Å². The van der Waals surface area contributed by atoms with Crippen LogP contribution in [0.25, 0.3) is 5.69 Å². The van der Waals surface area contributed by atoms with Gasteiger partial charge in [0, 0.05) is 31.6 Å². The highest BCUT2D eigenvalue weighted by Gasteiger charge is 2.39. The molecule has 1 aromatic carbocycles. The number of benzene rings is 1. The summed E-state index contributed by atoms with van der Waals surface area (Å²) in [6.45, 7) is 3.67. The number of hydrogen-bond donors (Lipinski definition) is 1. The molecule has 0 saturated carbocycles. The number of piperidine rings is 1. The monoisotopic (exact) mass is 448 g/mol. The Morgan fingerprint density at radius 3 is 2.85 bits per heavy atom. The molecular formula is C23H24N6O4. The van der Waals surface area contributed by atoms with Crippen LogP contribution >= 0.6 is 0 Å². The van der Waals surface area contributed by atoms with Crippen LogP contribution in [-0.2, 0) is 16.1 Å². The van der Waals surface area contributed by atoms with Gasteiger partial charge in [-0.25, -0.2) is 4.68 Å². The summed E-state index contributed by atoms with van der Waals surface area (Å²) < 4.78 is 1.48. The molecule has 1 aromatic heterocycles. The standard InChI is InChI=1S/C23H24N6O4/c1-2-3-14-8-9-27(11-14)23(33)18-13-29(26-25-18)16-5-4-15-12-28(22(32)17(15)10-16)19-6-7-20(30)24-21(19)31/h3-5,10,13,19H,2,6-9,11-12H2,1H3,(H,24,30,31)/b14-3-. The first kappa shape index (κ1) is 21.0. The van der Waals surface area contributed by atoms with Crippen molar-refractivity contribution in [1.29, 1.82) is 0 Å². The van der Waals surface area contributed by atoms with Crippen LogP contribution in [0.1, 0.15) is 59.0 Å². The van der Waals surface area contributed by atoms with E-state index in [1.54, 1.807) is 23.2 Å². The van der Waals surface area contributed by atoms with Gasteiger partial charge < -0.3 is 9.80 Å². The van der Waals surface area contributed by atoms with E-state index >= 15 is 0 Å². The van der Waals surface area contributed by atoms with Gasteiger partial charge in [0.1, 0.15) is 6.04 Å². The molecule has 1 unspecified atom stereocenters. The molecule has 10 heteroatoms. The van der Waals surface area contributed by atoms with Crippen LogP contribution < -0.4 is 5.32 Å². The Morgan fingerprint density at radius 2 is 2.06 bits per heavy atom. The van der Waals surface area contributed by atoms with Crippen LogP contribution in [0.5, 0.6) is 0 Å². The third kappa shape index (κ3) is 3.81. The molecule has 4 heterocycles. The molecule has 2 saturated heterocycles. The third-order valence-corrected chi connectivity index (χ3v) is 6.37. The van der Waals surface area contributed by atoms with E-state index in [-0.39, 0.29) is 29.8 Å². The maximum atomic E-state index is 13.0. The van der Waals surface area contributed by atoms with Crippen molar-refractivity contribution in [2.75, 3.05) is 13.1 Å². The SMILES string of the molecule is CC/C=C1/CCN(C(=O)c2cn(-c3ccc4c(c3)C(=O)N(C3CCC(=O)NC3=O)C4)nn2)C1. The lowest BCUT2D eigenvalue weighted by atomic mass is 10.0. The van der Waals surface area contributed by atoms with Gasteiger partial charge in [-0.2, -0.15) is 0 Å². The molecule has 4 amide bonds. The number of fused-ring (bicyclic) bond motifs is 1. The molecule has 0 aliphatic carbocycles. The number of carbonyl (C=O) groups is 4. The first-order valence-corrected chi connectivity index (χ1v) is 11.1. The van der Waals surface area contributed by atoms with E-state index in [0.717, 1.165) is 18.4 Å². The Labute approximate surface area is 190 Å². The third-order valence-electron chi connectivity index (χ3n) is 6.37. The Kier molecular flexibility index (Phi) is 5.27. The summed E-state index contributed by atoms with van der Waals surface area (Å²) in [4.78, 5) is 52.8. The molecular weight excluding hydrogens is 424 g/mol. The molecule has 2 fully saturated rings. The number of hydrogen-bond acceptors (Lipinski definition) is 6. The van der Waals surface area contributed by atoms with Crippen molar-refractivity contribution in [2.24, 2.45) is 0 Å². The molecule has 0 radical (unpaired) electrons. The average molecular weight is 448 g/mol. The van der Waals surface area contributed by atoms with Gasteiger partial charge in [-0.3, -0.25) is 24.5 Å². The number of allylic oxidation sites excluding steroid dienone is 1. The van der Waals surface area contributed by atoms with Crippen LogP contribution in [0.4, 0.5) is 0 Å². The number of amides is 4. The summed E-state index contributed by atoms with van der Waals surface area (Å²) in [6, 6.07) is 4.67. The molecule has 1 N–H and O–H groups in total. The van der Waals surface area contributed by atoms with Crippen molar-refractivity contribution < 1.29 is 19.2 Å². The van der Waals surface area contributed by atoms with E-state index in [0.29, 0.717) is 37.3 Å². The quantitative estimate of drug-likeness (QED) is 0.555. The predicted octanol–water partition coefficient (Wildman–Crippen LogP) is 1.21. The molecule has 5 rings (SSSR count). The van der Waals surface area contributed by atoms with Gasteiger partial charge in [-0.1, -0.05) is 29.9 Å². The summed E-state index contributed by atoms with van der Waals surface area (Å²) in [6.07, 6.45) is 6.09. The highest BCUT2D eigenvalue weighted by atomic mass is 16.2. The molecule has 3 aliphatic rings. The Balaban J connectivity index is 1.33. The van der Waals surface area contributed by atoms with Crippen molar-refractivity contribution in [3.05, 3.63) is 52.9 Å². The van der Waals surface area contributed by atoms with E-state index in [9.17, 15) is 19.2 Å². The minimum atomic E-state index is -0.659. The molecule has 1 atom stereocenters. The van der Waals surface area contributed by atoms with Crippen LogP contribution in [-0.4, -0.2) is 67.6 Å². The van der Waals surface area contributed by atoms with Crippen molar-refractivity contribution in [2.45, 2.75) is 45.2 Å². The lowest BCUT2D eigenvalue weighted by molar-refractivity contribution is -0.136. The molecule has 0 bridgehead atoms. The summed E-state index contributed by atoms with van der Waals surface area (Å²) in [7, 11) is 0. The number of aromatic nitrogens is 3. The number of likely N-dealkylation sites (tertiary alicyclic amines) is 1. The molecule has 0 spiro atoms. The van der Waals surface area contributed by atoms with Gasteiger partial charge in [0.25, 0.3) is 11.8 Å². The van der Waals surface area contributed by atoms with Gasteiger partial charge in [-0.05, 0) is 37.0 Å².